The second-order valence-electron chi connectivity index (χ2n) is 5.08. The number of ether oxygens (including phenoxy) is 1. The summed E-state index contributed by atoms with van der Waals surface area (Å²) in [7, 11) is 1.34. The number of esters is 1. The zero-order valence-electron chi connectivity index (χ0n) is 11.9. The van der Waals surface area contributed by atoms with Crippen molar-refractivity contribution >= 4 is 11.7 Å². The van der Waals surface area contributed by atoms with E-state index in [0.29, 0.717) is 5.57 Å². The van der Waals surface area contributed by atoms with Crippen molar-refractivity contribution in [2.45, 2.75) is 19.8 Å². The number of methoxy groups -OCH3 is 1. The first-order chi connectivity index (χ1) is 9.97. The summed E-state index contributed by atoms with van der Waals surface area (Å²) >= 11 is 0. The first kappa shape index (κ1) is 13.4. The molecule has 2 aliphatic heterocycles. The van der Waals surface area contributed by atoms with E-state index in [4.69, 9.17) is 4.74 Å². The number of hydrogen-bond acceptors (Lipinski definition) is 5. The molecule has 0 N–H and O–H groups in total. The fourth-order valence-corrected chi connectivity index (χ4v) is 3.02. The van der Waals surface area contributed by atoms with Crippen LogP contribution in [0, 0.1) is 10.1 Å². The van der Waals surface area contributed by atoms with Crippen molar-refractivity contribution < 1.29 is 14.5 Å². The largest absolute Gasteiger partial charge is 0.466 e. The number of carbonyl (C=O) groups is 1. The van der Waals surface area contributed by atoms with Crippen molar-refractivity contribution in [1.29, 1.82) is 0 Å². The Morgan fingerprint density at radius 1 is 1.33 bits per heavy atom. The number of hydrogen-bond donors (Lipinski definition) is 0. The van der Waals surface area contributed by atoms with E-state index in [0.717, 1.165) is 22.7 Å². The van der Waals surface area contributed by atoms with E-state index in [9.17, 15) is 14.9 Å². The molecular weight excluding hydrogens is 272 g/mol. The lowest BCUT2D eigenvalue weighted by Crippen LogP contribution is -2.12. The third-order valence-corrected chi connectivity index (χ3v) is 4.00. The SMILES string of the molecule is COC(=O)C1=C(C)N2C(C)=C2[C@H]1c1cccc([N+](=O)[O-])c1. The van der Waals surface area contributed by atoms with Crippen LogP contribution in [0.4, 0.5) is 5.69 Å². The Balaban J connectivity index is 2.09. The van der Waals surface area contributed by atoms with Crippen molar-refractivity contribution in [3.63, 3.8) is 0 Å². The van der Waals surface area contributed by atoms with Crippen LogP contribution in [0.1, 0.15) is 25.3 Å². The number of allylic oxidation sites excluding steroid dienone is 3. The minimum atomic E-state index is -0.432. The minimum absolute atomic E-state index is 0.0201. The Bertz CT molecular complexity index is 733. The van der Waals surface area contributed by atoms with E-state index in [1.807, 2.05) is 18.7 Å². The van der Waals surface area contributed by atoms with Crippen LogP contribution in [-0.2, 0) is 9.53 Å². The number of nitrogens with zero attached hydrogens (tertiary/aromatic N) is 2. The van der Waals surface area contributed by atoms with Crippen LogP contribution in [0.25, 0.3) is 0 Å². The molecule has 2 heterocycles. The molecule has 0 amide bonds. The van der Waals surface area contributed by atoms with Gasteiger partial charge < -0.3 is 9.64 Å². The summed E-state index contributed by atoms with van der Waals surface area (Å²) < 4.78 is 4.86. The highest BCUT2D eigenvalue weighted by molar-refractivity contribution is 5.94. The molecular formula is C15H14N2O4. The average molecular weight is 286 g/mol. The number of rotatable bonds is 3. The first-order valence-electron chi connectivity index (χ1n) is 6.51. The number of nitro benzene ring substituents is 1. The highest BCUT2D eigenvalue weighted by Gasteiger charge is 2.49. The van der Waals surface area contributed by atoms with Gasteiger partial charge in [0.1, 0.15) is 0 Å². The molecule has 21 heavy (non-hydrogen) atoms. The molecule has 0 aromatic heterocycles. The third-order valence-electron chi connectivity index (χ3n) is 4.00. The number of carbonyl (C=O) groups excluding carboxylic acids is 1. The van der Waals surface area contributed by atoms with Crippen LogP contribution < -0.4 is 0 Å². The quantitative estimate of drug-likeness (QED) is 0.485. The van der Waals surface area contributed by atoms with Crippen LogP contribution in [-0.4, -0.2) is 22.9 Å². The number of fused-ring (bicyclic) bond motifs is 1. The smallest absolute Gasteiger partial charge is 0.336 e. The molecule has 0 bridgehead atoms. The van der Waals surface area contributed by atoms with E-state index in [2.05, 4.69) is 0 Å². The Labute approximate surface area is 121 Å². The van der Waals surface area contributed by atoms with E-state index in [1.54, 1.807) is 12.1 Å². The lowest BCUT2D eigenvalue weighted by molar-refractivity contribution is -0.384. The van der Waals surface area contributed by atoms with E-state index < -0.39 is 10.9 Å². The monoisotopic (exact) mass is 286 g/mol. The maximum Gasteiger partial charge on any atom is 0.336 e. The molecule has 2 aliphatic rings. The lowest BCUT2D eigenvalue weighted by Gasteiger charge is -2.13. The van der Waals surface area contributed by atoms with Crippen molar-refractivity contribution in [3.8, 4) is 0 Å². The molecule has 6 heteroatoms. The highest BCUT2D eigenvalue weighted by Crippen LogP contribution is 2.56. The van der Waals surface area contributed by atoms with Crippen LogP contribution in [0.2, 0.25) is 0 Å². The minimum Gasteiger partial charge on any atom is -0.466 e. The van der Waals surface area contributed by atoms with Gasteiger partial charge in [-0.05, 0) is 19.4 Å². The number of benzene rings is 1. The third kappa shape index (κ3) is 1.83. The van der Waals surface area contributed by atoms with Gasteiger partial charge in [-0.25, -0.2) is 4.79 Å². The molecule has 1 aromatic carbocycles. The summed E-state index contributed by atoms with van der Waals surface area (Å²) in [5.74, 6) is -0.672. The Morgan fingerprint density at radius 2 is 2.05 bits per heavy atom. The van der Waals surface area contributed by atoms with Gasteiger partial charge in [-0.3, -0.25) is 10.1 Å². The van der Waals surface area contributed by atoms with Gasteiger partial charge in [-0.2, -0.15) is 0 Å². The van der Waals surface area contributed by atoms with Crippen LogP contribution in [0.5, 0.6) is 0 Å². The van der Waals surface area contributed by atoms with Gasteiger partial charge in [0.25, 0.3) is 5.69 Å². The predicted octanol–water partition coefficient (Wildman–Crippen LogP) is 2.69. The Morgan fingerprint density at radius 3 is 2.67 bits per heavy atom. The van der Waals surface area contributed by atoms with Crippen molar-refractivity contribution in [3.05, 3.63) is 62.6 Å². The molecule has 0 spiro atoms. The Kier molecular flexibility index (Phi) is 2.83. The summed E-state index contributed by atoms with van der Waals surface area (Å²) in [6.07, 6.45) is 0. The lowest BCUT2D eigenvalue weighted by atomic mass is 9.90. The van der Waals surface area contributed by atoms with Gasteiger partial charge in [-0.1, -0.05) is 12.1 Å². The van der Waals surface area contributed by atoms with E-state index in [-0.39, 0.29) is 11.6 Å². The molecule has 0 fully saturated rings. The summed E-state index contributed by atoms with van der Waals surface area (Å²) in [5, 5.41) is 10.9. The zero-order chi connectivity index (χ0) is 15.3. The van der Waals surface area contributed by atoms with Gasteiger partial charge in [0.15, 0.2) is 0 Å². The molecule has 0 aliphatic carbocycles. The molecule has 0 radical (unpaired) electrons. The normalized spacial score (nSPS) is 19.8. The van der Waals surface area contributed by atoms with E-state index >= 15 is 0 Å². The van der Waals surface area contributed by atoms with Gasteiger partial charge >= 0.3 is 5.97 Å². The Hall–Kier alpha value is -2.63. The average Bonchev–Trinajstić information content (AvgIpc) is 3.02. The predicted molar refractivity (Wildman–Crippen MR) is 75.1 cm³/mol. The fraction of sp³-hybridized carbons (Fsp3) is 0.267. The molecule has 1 atom stereocenters. The van der Waals surface area contributed by atoms with Gasteiger partial charge in [0.05, 0.1) is 29.2 Å². The topological polar surface area (TPSA) is 72.5 Å². The molecule has 1 aromatic rings. The van der Waals surface area contributed by atoms with E-state index in [1.165, 1.54) is 19.2 Å². The molecule has 0 saturated heterocycles. The second kappa shape index (κ2) is 4.44. The van der Waals surface area contributed by atoms with Gasteiger partial charge in [-0.15, -0.1) is 0 Å². The van der Waals surface area contributed by atoms with Crippen molar-refractivity contribution in [1.82, 2.24) is 4.90 Å². The summed E-state index contributed by atoms with van der Waals surface area (Å²) in [6, 6.07) is 6.40. The second-order valence-corrected chi connectivity index (χ2v) is 5.08. The van der Waals surface area contributed by atoms with Crippen LogP contribution >= 0.6 is 0 Å². The standard InChI is InChI=1S/C15H14N2O4/c1-8-12(15(18)21-3)13(14-9(2)16(8)14)10-5-4-6-11(7-10)17(19)20/h4-7,13H,1-3H3/t13-,16?/m0/s1. The number of nitro groups is 1. The zero-order valence-corrected chi connectivity index (χ0v) is 11.9. The molecule has 0 saturated carbocycles. The summed E-state index contributed by atoms with van der Waals surface area (Å²) in [5.41, 5.74) is 4.26. The van der Waals surface area contributed by atoms with Crippen molar-refractivity contribution in [2.75, 3.05) is 7.11 Å². The summed E-state index contributed by atoms with van der Waals surface area (Å²) in [4.78, 5) is 24.5. The van der Waals surface area contributed by atoms with Crippen molar-refractivity contribution in [2.24, 2.45) is 0 Å². The molecule has 108 valence electrons. The fourth-order valence-electron chi connectivity index (χ4n) is 3.02. The highest BCUT2D eigenvalue weighted by atomic mass is 16.6. The first-order valence-corrected chi connectivity index (χ1v) is 6.51. The maximum absolute atomic E-state index is 12.0. The van der Waals surface area contributed by atoms with Crippen LogP contribution in [0.3, 0.4) is 0 Å². The number of non-ortho nitro benzene ring substituents is 1. The van der Waals surface area contributed by atoms with Gasteiger partial charge in [0.2, 0.25) is 0 Å². The van der Waals surface area contributed by atoms with Crippen LogP contribution in [0.15, 0.2) is 46.9 Å². The molecule has 6 nitrogen and oxygen atoms in total. The molecule has 3 rings (SSSR count). The maximum atomic E-state index is 12.0. The summed E-state index contributed by atoms with van der Waals surface area (Å²) in [6.45, 7) is 3.83. The van der Waals surface area contributed by atoms with Gasteiger partial charge in [0, 0.05) is 23.5 Å². The molecule has 0 unspecified atom stereocenters.